The molecule has 1 fully saturated rings. The average Bonchev–Trinajstić information content (AvgIpc) is 2.65. The van der Waals surface area contributed by atoms with E-state index in [9.17, 15) is 0 Å². The topological polar surface area (TPSA) is 26.0 Å². The van der Waals surface area contributed by atoms with Gasteiger partial charge in [0.1, 0.15) is 0 Å². The molecule has 0 spiro atoms. The normalized spacial score (nSPS) is 22.5. The smallest absolute Gasteiger partial charge is 0.0283 e. The summed E-state index contributed by atoms with van der Waals surface area (Å²) in [5.41, 5.74) is 7.88. The summed E-state index contributed by atoms with van der Waals surface area (Å²) in [5.74, 6) is 0. The van der Waals surface area contributed by atoms with Gasteiger partial charge in [0.25, 0.3) is 0 Å². The molecule has 64 valence electrons. The van der Waals surface area contributed by atoms with Crippen molar-refractivity contribution in [1.29, 1.82) is 0 Å². The zero-order valence-corrected chi connectivity index (χ0v) is 7.85. The molecule has 11 heavy (non-hydrogen) atoms. The Morgan fingerprint density at radius 3 is 2.36 bits per heavy atom. The lowest BCUT2D eigenvalue weighted by molar-refractivity contribution is 0.436. The van der Waals surface area contributed by atoms with E-state index in [2.05, 4.69) is 26.8 Å². The highest BCUT2D eigenvalue weighted by atomic mass is 14.7. The van der Waals surface area contributed by atoms with Gasteiger partial charge >= 0.3 is 0 Å². The Labute approximate surface area is 69.7 Å². The number of allylic oxidation sites excluding steroid dienone is 1. The van der Waals surface area contributed by atoms with Crippen molar-refractivity contribution >= 4 is 0 Å². The molecule has 0 saturated heterocycles. The summed E-state index contributed by atoms with van der Waals surface area (Å²) in [4.78, 5) is 0. The minimum atomic E-state index is 0.303. The Balaban J connectivity index is 2.54. The van der Waals surface area contributed by atoms with Gasteiger partial charge in [-0.2, -0.15) is 0 Å². The lowest BCUT2D eigenvalue weighted by Gasteiger charge is -2.18. The maximum atomic E-state index is 6.05. The number of rotatable bonds is 3. The van der Waals surface area contributed by atoms with Crippen LogP contribution in [0.15, 0.2) is 11.6 Å². The van der Waals surface area contributed by atoms with E-state index in [4.69, 9.17) is 5.73 Å². The van der Waals surface area contributed by atoms with Crippen molar-refractivity contribution in [1.82, 2.24) is 0 Å². The molecule has 0 aromatic rings. The van der Waals surface area contributed by atoms with Crippen LogP contribution in [-0.4, -0.2) is 6.04 Å². The summed E-state index contributed by atoms with van der Waals surface area (Å²) in [7, 11) is 0. The third-order valence-electron chi connectivity index (χ3n) is 2.82. The molecule has 0 aromatic heterocycles. The molecule has 1 heteroatoms. The second kappa shape index (κ2) is 2.98. The van der Waals surface area contributed by atoms with Gasteiger partial charge in [-0.25, -0.2) is 0 Å². The van der Waals surface area contributed by atoms with Crippen molar-refractivity contribution < 1.29 is 0 Å². The van der Waals surface area contributed by atoms with Crippen LogP contribution in [-0.2, 0) is 0 Å². The molecule has 1 unspecified atom stereocenters. The van der Waals surface area contributed by atoms with Crippen LogP contribution in [0.3, 0.4) is 0 Å². The van der Waals surface area contributed by atoms with E-state index in [1.807, 2.05) is 0 Å². The van der Waals surface area contributed by atoms with Gasteiger partial charge in [-0.1, -0.05) is 18.6 Å². The van der Waals surface area contributed by atoms with Crippen LogP contribution in [0.1, 0.15) is 40.0 Å². The van der Waals surface area contributed by atoms with Crippen LogP contribution in [0.25, 0.3) is 0 Å². The highest BCUT2D eigenvalue weighted by Gasteiger charge is 2.44. The fourth-order valence-electron chi connectivity index (χ4n) is 1.62. The zero-order chi connectivity index (χ0) is 8.48. The number of hydrogen-bond donors (Lipinski definition) is 1. The van der Waals surface area contributed by atoms with Crippen molar-refractivity contribution in [3.05, 3.63) is 11.6 Å². The summed E-state index contributed by atoms with van der Waals surface area (Å²) >= 11 is 0. The third kappa shape index (κ3) is 1.84. The van der Waals surface area contributed by atoms with Gasteiger partial charge in [-0.15, -0.1) is 0 Å². The lowest BCUT2D eigenvalue weighted by atomic mass is 9.93. The molecule has 1 rings (SSSR count). The van der Waals surface area contributed by atoms with Crippen molar-refractivity contribution in [3.63, 3.8) is 0 Å². The maximum Gasteiger partial charge on any atom is 0.0283 e. The molecule has 1 aliphatic rings. The van der Waals surface area contributed by atoms with Crippen LogP contribution >= 0.6 is 0 Å². The number of hydrogen-bond acceptors (Lipinski definition) is 1. The lowest BCUT2D eigenvalue weighted by Crippen LogP contribution is -2.29. The largest absolute Gasteiger partial charge is 0.324 e. The van der Waals surface area contributed by atoms with Crippen LogP contribution in [0.2, 0.25) is 0 Å². The minimum absolute atomic E-state index is 0.303. The van der Waals surface area contributed by atoms with Crippen LogP contribution < -0.4 is 5.73 Å². The van der Waals surface area contributed by atoms with Gasteiger partial charge in [0, 0.05) is 6.04 Å². The van der Waals surface area contributed by atoms with Gasteiger partial charge < -0.3 is 5.73 Å². The van der Waals surface area contributed by atoms with Gasteiger partial charge in [-0.3, -0.25) is 0 Å². The summed E-state index contributed by atoms with van der Waals surface area (Å²) in [6.07, 6.45) is 6.09. The molecule has 1 atom stereocenters. The second-order valence-electron chi connectivity index (χ2n) is 3.99. The number of nitrogens with two attached hydrogens (primary N) is 1. The van der Waals surface area contributed by atoms with Gasteiger partial charge in [-0.05, 0) is 38.5 Å². The van der Waals surface area contributed by atoms with Crippen LogP contribution in [0.4, 0.5) is 0 Å². The van der Waals surface area contributed by atoms with Gasteiger partial charge in [0.05, 0.1) is 0 Å². The molecule has 0 amide bonds. The molecule has 0 heterocycles. The molecule has 1 aliphatic carbocycles. The highest BCUT2D eigenvalue weighted by molar-refractivity contribution is 5.11. The molecular formula is C10H19N. The van der Waals surface area contributed by atoms with Crippen LogP contribution in [0, 0.1) is 5.41 Å². The fraction of sp³-hybridized carbons (Fsp3) is 0.800. The van der Waals surface area contributed by atoms with E-state index in [-0.39, 0.29) is 0 Å². The van der Waals surface area contributed by atoms with E-state index in [0.717, 1.165) is 0 Å². The first-order valence-corrected chi connectivity index (χ1v) is 4.51. The molecule has 0 bridgehead atoms. The van der Waals surface area contributed by atoms with Crippen molar-refractivity contribution in [2.45, 2.75) is 46.1 Å². The summed E-state index contributed by atoms with van der Waals surface area (Å²) in [5, 5.41) is 0. The Morgan fingerprint density at radius 2 is 2.09 bits per heavy atom. The third-order valence-corrected chi connectivity index (χ3v) is 2.82. The molecule has 2 N–H and O–H groups in total. The quantitative estimate of drug-likeness (QED) is 0.619. The van der Waals surface area contributed by atoms with E-state index in [1.165, 1.54) is 24.8 Å². The van der Waals surface area contributed by atoms with Crippen molar-refractivity contribution in [3.8, 4) is 0 Å². The minimum Gasteiger partial charge on any atom is -0.324 e. The van der Waals surface area contributed by atoms with Crippen molar-refractivity contribution in [2.24, 2.45) is 11.1 Å². The first kappa shape index (κ1) is 8.79. The van der Waals surface area contributed by atoms with Gasteiger partial charge in [0.15, 0.2) is 0 Å². The zero-order valence-electron chi connectivity index (χ0n) is 7.85. The van der Waals surface area contributed by atoms with Crippen molar-refractivity contribution in [2.75, 3.05) is 0 Å². The van der Waals surface area contributed by atoms with Gasteiger partial charge in [0.2, 0.25) is 0 Å². The monoisotopic (exact) mass is 153 g/mol. The predicted octanol–water partition coefficient (Wildman–Crippen LogP) is 2.47. The van der Waals surface area contributed by atoms with E-state index < -0.39 is 0 Å². The highest BCUT2D eigenvalue weighted by Crippen LogP contribution is 2.51. The Bertz CT molecular complexity index is 162. The molecule has 0 radical (unpaired) electrons. The average molecular weight is 153 g/mol. The summed E-state index contributed by atoms with van der Waals surface area (Å²) in [6, 6.07) is 0.303. The predicted molar refractivity (Wildman–Crippen MR) is 49.4 cm³/mol. The Kier molecular flexibility index (Phi) is 2.38. The standard InChI is InChI=1S/C10H19N/c1-4-10(5-6-10)9(11)7-8(2)3/h7,9H,4-6,11H2,1-3H3. The molecule has 1 nitrogen and oxygen atoms in total. The molecule has 0 aliphatic heterocycles. The van der Waals surface area contributed by atoms with E-state index >= 15 is 0 Å². The Morgan fingerprint density at radius 1 is 1.55 bits per heavy atom. The van der Waals surface area contributed by atoms with E-state index in [1.54, 1.807) is 0 Å². The maximum absolute atomic E-state index is 6.05. The summed E-state index contributed by atoms with van der Waals surface area (Å²) in [6.45, 7) is 6.48. The fourth-order valence-corrected chi connectivity index (χ4v) is 1.62. The molecular weight excluding hydrogens is 134 g/mol. The first-order chi connectivity index (χ1) is 5.10. The SMILES string of the molecule is CCC1(C(N)C=C(C)C)CC1. The molecule has 0 aromatic carbocycles. The second-order valence-corrected chi connectivity index (χ2v) is 3.99. The Hall–Kier alpha value is -0.300. The first-order valence-electron chi connectivity index (χ1n) is 4.51. The summed E-state index contributed by atoms with van der Waals surface area (Å²) < 4.78 is 0. The van der Waals surface area contributed by atoms with E-state index in [0.29, 0.717) is 11.5 Å². The molecule has 1 saturated carbocycles. The van der Waals surface area contributed by atoms with Crippen LogP contribution in [0.5, 0.6) is 0 Å².